The van der Waals surface area contributed by atoms with Gasteiger partial charge in [-0.3, -0.25) is 9.69 Å². The monoisotopic (exact) mass is 551 g/mol. The van der Waals surface area contributed by atoms with Crippen molar-refractivity contribution in [3.63, 3.8) is 0 Å². The number of nitrogens with zero attached hydrogens (tertiary/aromatic N) is 2. The van der Waals surface area contributed by atoms with Gasteiger partial charge in [0.25, 0.3) is 0 Å². The van der Waals surface area contributed by atoms with Crippen LogP contribution >= 0.6 is 0 Å². The normalized spacial score (nSPS) is 18.3. The van der Waals surface area contributed by atoms with Gasteiger partial charge in [-0.05, 0) is 38.6 Å². The van der Waals surface area contributed by atoms with Gasteiger partial charge in [-0.15, -0.1) is 0 Å². The number of unbranched alkanes of at least 4 members (excludes halogenated alkanes) is 14. The third-order valence-corrected chi connectivity index (χ3v) is 8.37. The van der Waals surface area contributed by atoms with Gasteiger partial charge in [0.15, 0.2) is 0 Å². The van der Waals surface area contributed by atoms with Crippen LogP contribution < -0.4 is 5.32 Å². The molecule has 2 aliphatic heterocycles. The molecule has 0 aromatic heterocycles. The Hall–Kier alpha value is -1.34. The first kappa shape index (κ1) is 33.9. The van der Waals surface area contributed by atoms with E-state index in [2.05, 4.69) is 17.1 Å². The molecule has 2 aliphatic rings. The lowest BCUT2D eigenvalue weighted by Crippen LogP contribution is -2.47. The number of hydrogen-bond acceptors (Lipinski definition) is 5. The Morgan fingerprint density at radius 1 is 0.769 bits per heavy atom. The van der Waals surface area contributed by atoms with Gasteiger partial charge in [0, 0.05) is 32.6 Å². The molecular weight excluding hydrogens is 490 g/mol. The SMILES string of the molecule is CCCCCCCCCCCCCCCCCC(=O)N1CCCCC1COC(=O)NCCCN1CCOCC1. The second-order valence-corrected chi connectivity index (χ2v) is 11.8. The molecule has 39 heavy (non-hydrogen) atoms. The number of ether oxygens (including phenoxy) is 2. The van der Waals surface area contributed by atoms with Crippen molar-refractivity contribution < 1.29 is 19.1 Å². The molecule has 2 heterocycles. The lowest BCUT2D eigenvalue weighted by molar-refractivity contribution is -0.136. The quantitative estimate of drug-likeness (QED) is 0.146. The van der Waals surface area contributed by atoms with E-state index in [-0.39, 0.29) is 18.0 Å². The maximum atomic E-state index is 12.9. The van der Waals surface area contributed by atoms with Crippen LogP contribution in [0, 0.1) is 0 Å². The number of hydrogen-bond donors (Lipinski definition) is 1. The largest absolute Gasteiger partial charge is 0.447 e. The first-order valence-corrected chi connectivity index (χ1v) is 16.7. The van der Waals surface area contributed by atoms with Crippen molar-refractivity contribution in [3.8, 4) is 0 Å². The molecule has 0 aromatic rings. The number of nitrogens with one attached hydrogen (secondary N) is 1. The molecule has 228 valence electrons. The van der Waals surface area contributed by atoms with Crippen molar-refractivity contribution in [2.75, 3.05) is 52.5 Å². The number of rotatable bonds is 22. The van der Waals surface area contributed by atoms with E-state index in [1.165, 1.54) is 83.5 Å². The Bertz CT molecular complexity index is 612. The number of morpholine rings is 1. The molecule has 2 rings (SSSR count). The summed E-state index contributed by atoms with van der Waals surface area (Å²) in [6.07, 6.45) is 24.2. The highest BCUT2D eigenvalue weighted by molar-refractivity contribution is 5.76. The number of amides is 2. The lowest BCUT2D eigenvalue weighted by Gasteiger charge is -2.35. The summed E-state index contributed by atoms with van der Waals surface area (Å²) >= 11 is 0. The zero-order chi connectivity index (χ0) is 27.8. The number of likely N-dealkylation sites (tertiary alicyclic amines) is 1. The summed E-state index contributed by atoms with van der Waals surface area (Å²) in [4.78, 5) is 29.4. The predicted molar refractivity (Wildman–Crippen MR) is 160 cm³/mol. The van der Waals surface area contributed by atoms with Crippen LogP contribution in [0.5, 0.6) is 0 Å². The second-order valence-electron chi connectivity index (χ2n) is 11.8. The maximum Gasteiger partial charge on any atom is 0.407 e. The summed E-state index contributed by atoms with van der Waals surface area (Å²) in [6.45, 7) is 8.49. The molecule has 2 amide bonds. The van der Waals surface area contributed by atoms with E-state index in [1.807, 2.05) is 4.90 Å². The molecule has 0 aromatic carbocycles. The molecule has 7 heteroatoms. The van der Waals surface area contributed by atoms with E-state index in [4.69, 9.17) is 9.47 Å². The van der Waals surface area contributed by atoms with Crippen molar-refractivity contribution in [3.05, 3.63) is 0 Å². The van der Waals surface area contributed by atoms with Gasteiger partial charge in [-0.25, -0.2) is 4.79 Å². The highest BCUT2D eigenvalue weighted by atomic mass is 16.5. The third-order valence-electron chi connectivity index (χ3n) is 8.37. The minimum Gasteiger partial charge on any atom is -0.447 e. The van der Waals surface area contributed by atoms with Crippen molar-refractivity contribution in [1.82, 2.24) is 15.1 Å². The van der Waals surface area contributed by atoms with Crippen LogP contribution in [0.3, 0.4) is 0 Å². The Labute approximate surface area is 240 Å². The van der Waals surface area contributed by atoms with Crippen LogP contribution in [-0.2, 0) is 14.3 Å². The van der Waals surface area contributed by atoms with E-state index in [0.29, 0.717) is 19.6 Å². The van der Waals surface area contributed by atoms with Crippen LogP contribution in [0.2, 0.25) is 0 Å². The van der Waals surface area contributed by atoms with Gasteiger partial charge in [0.2, 0.25) is 5.91 Å². The fraction of sp³-hybridized carbons (Fsp3) is 0.938. The molecule has 0 bridgehead atoms. The highest BCUT2D eigenvalue weighted by Gasteiger charge is 2.27. The van der Waals surface area contributed by atoms with Gasteiger partial charge >= 0.3 is 6.09 Å². The summed E-state index contributed by atoms with van der Waals surface area (Å²) < 4.78 is 10.9. The van der Waals surface area contributed by atoms with Crippen LogP contribution in [0.4, 0.5) is 4.79 Å². The van der Waals surface area contributed by atoms with Crippen molar-refractivity contribution in [2.24, 2.45) is 0 Å². The molecule has 0 radical (unpaired) electrons. The van der Waals surface area contributed by atoms with Crippen molar-refractivity contribution >= 4 is 12.0 Å². The summed E-state index contributed by atoms with van der Waals surface area (Å²) in [5.74, 6) is 0.240. The average Bonchev–Trinajstić information content (AvgIpc) is 2.97. The molecule has 7 nitrogen and oxygen atoms in total. The first-order valence-electron chi connectivity index (χ1n) is 16.7. The van der Waals surface area contributed by atoms with Gasteiger partial charge in [0.1, 0.15) is 6.61 Å². The van der Waals surface area contributed by atoms with E-state index in [0.717, 1.165) is 77.9 Å². The number of piperidine rings is 1. The molecule has 2 fully saturated rings. The van der Waals surface area contributed by atoms with Crippen LogP contribution in [-0.4, -0.2) is 80.4 Å². The fourth-order valence-corrected chi connectivity index (χ4v) is 5.83. The first-order chi connectivity index (χ1) is 19.2. The summed E-state index contributed by atoms with van der Waals surface area (Å²) in [5, 5.41) is 2.87. The van der Waals surface area contributed by atoms with Crippen molar-refractivity contribution in [1.29, 1.82) is 0 Å². The van der Waals surface area contributed by atoms with Gasteiger partial charge in [-0.1, -0.05) is 96.8 Å². The maximum absolute atomic E-state index is 12.9. The highest BCUT2D eigenvalue weighted by Crippen LogP contribution is 2.20. The molecule has 0 aliphatic carbocycles. The number of carbonyl (C=O) groups is 2. The zero-order valence-corrected chi connectivity index (χ0v) is 25.4. The Kier molecular flexibility index (Phi) is 20.3. The standard InChI is InChI=1S/C32H61N3O4/c1-2-3-4-5-6-7-8-9-10-11-12-13-14-15-16-21-31(36)35-24-18-17-20-30(35)29-39-32(37)33-22-19-23-34-25-27-38-28-26-34/h30H,2-29H2,1H3,(H,33,37). The molecule has 0 spiro atoms. The number of carbonyl (C=O) groups excluding carboxylic acids is 2. The number of alkyl carbamates (subject to hydrolysis) is 1. The second kappa shape index (κ2) is 23.4. The Morgan fingerprint density at radius 3 is 1.97 bits per heavy atom. The van der Waals surface area contributed by atoms with E-state index >= 15 is 0 Å². The molecular formula is C32H61N3O4. The fourth-order valence-electron chi connectivity index (χ4n) is 5.83. The van der Waals surface area contributed by atoms with Gasteiger partial charge < -0.3 is 19.7 Å². The topological polar surface area (TPSA) is 71.1 Å². The van der Waals surface area contributed by atoms with Gasteiger partial charge in [-0.2, -0.15) is 0 Å². The molecule has 1 atom stereocenters. The Morgan fingerprint density at radius 2 is 1.36 bits per heavy atom. The average molecular weight is 552 g/mol. The smallest absolute Gasteiger partial charge is 0.407 e. The summed E-state index contributed by atoms with van der Waals surface area (Å²) in [7, 11) is 0. The Balaban J connectivity index is 1.43. The molecule has 1 unspecified atom stereocenters. The predicted octanol–water partition coefficient (Wildman–Crippen LogP) is 7.08. The van der Waals surface area contributed by atoms with E-state index in [1.54, 1.807) is 0 Å². The molecule has 2 saturated heterocycles. The van der Waals surface area contributed by atoms with E-state index < -0.39 is 0 Å². The van der Waals surface area contributed by atoms with Crippen LogP contribution in [0.15, 0.2) is 0 Å². The molecule has 0 saturated carbocycles. The molecule has 1 N–H and O–H groups in total. The van der Waals surface area contributed by atoms with Crippen LogP contribution in [0.25, 0.3) is 0 Å². The van der Waals surface area contributed by atoms with Gasteiger partial charge in [0.05, 0.1) is 19.3 Å². The van der Waals surface area contributed by atoms with Crippen molar-refractivity contribution in [2.45, 2.75) is 141 Å². The van der Waals surface area contributed by atoms with E-state index in [9.17, 15) is 9.59 Å². The summed E-state index contributed by atoms with van der Waals surface area (Å²) in [5.41, 5.74) is 0. The minimum atomic E-state index is -0.364. The lowest BCUT2D eigenvalue weighted by atomic mass is 10.0. The zero-order valence-electron chi connectivity index (χ0n) is 25.4. The minimum absolute atomic E-state index is 0.0293. The third kappa shape index (κ3) is 17.2. The summed E-state index contributed by atoms with van der Waals surface area (Å²) in [6, 6.07) is 0.0293. The van der Waals surface area contributed by atoms with Crippen LogP contribution in [0.1, 0.15) is 135 Å².